The first-order valence-corrected chi connectivity index (χ1v) is 10.6. The number of nitrogens with zero attached hydrogens (tertiary/aromatic N) is 2. The van der Waals surface area contributed by atoms with Crippen molar-refractivity contribution in [3.63, 3.8) is 0 Å². The number of carbonyl (C=O) groups is 1. The molecule has 0 saturated carbocycles. The first-order valence-electron chi connectivity index (χ1n) is 10.6. The van der Waals surface area contributed by atoms with Gasteiger partial charge in [0, 0.05) is 49.0 Å². The number of hydrogen-bond donors (Lipinski definition) is 1. The van der Waals surface area contributed by atoms with Crippen LogP contribution < -0.4 is 4.90 Å². The van der Waals surface area contributed by atoms with E-state index in [-0.39, 0.29) is 11.8 Å². The Hall–Kier alpha value is -2.86. The number of methoxy groups -OCH3 is 1. The lowest BCUT2D eigenvalue weighted by Crippen LogP contribution is -2.46. The maximum absolute atomic E-state index is 13.1. The van der Waals surface area contributed by atoms with Gasteiger partial charge in [-0.1, -0.05) is 0 Å². The number of H-pyrrole nitrogens is 1. The van der Waals surface area contributed by atoms with Gasteiger partial charge in [0.25, 0.3) is 0 Å². The van der Waals surface area contributed by atoms with E-state index < -0.39 is 0 Å². The first-order chi connectivity index (χ1) is 14.6. The summed E-state index contributed by atoms with van der Waals surface area (Å²) in [6.45, 7) is 5.11. The largest absolute Gasteiger partial charge is 0.465 e. The summed E-state index contributed by atoms with van der Waals surface area (Å²) in [7, 11) is 1.41. The second kappa shape index (κ2) is 9.30. The topological polar surface area (TPSA) is 48.6 Å². The van der Waals surface area contributed by atoms with Crippen LogP contribution in [0.5, 0.6) is 0 Å². The van der Waals surface area contributed by atoms with Crippen molar-refractivity contribution in [3.05, 3.63) is 65.6 Å². The lowest BCUT2D eigenvalue weighted by molar-refractivity contribution is 0.0601. The van der Waals surface area contributed by atoms with Gasteiger partial charge in [0.1, 0.15) is 5.82 Å². The predicted octanol–water partition coefficient (Wildman–Crippen LogP) is 4.24. The van der Waals surface area contributed by atoms with Gasteiger partial charge in [-0.2, -0.15) is 0 Å². The highest BCUT2D eigenvalue weighted by atomic mass is 19.1. The third-order valence-electron chi connectivity index (χ3n) is 5.92. The molecule has 2 aromatic carbocycles. The normalized spacial score (nSPS) is 14.9. The number of halogens is 1. The Morgan fingerprint density at radius 3 is 2.57 bits per heavy atom. The molecule has 0 radical (unpaired) electrons. The number of ether oxygens (including phenoxy) is 1. The van der Waals surface area contributed by atoms with Crippen molar-refractivity contribution in [3.8, 4) is 0 Å². The zero-order chi connectivity index (χ0) is 20.9. The summed E-state index contributed by atoms with van der Waals surface area (Å²) < 4.78 is 17.9. The Kier molecular flexibility index (Phi) is 6.33. The lowest BCUT2D eigenvalue weighted by Gasteiger charge is -2.36. The van der Waals surface area contributed by atoms with Gasteiger partial charge in [-0.15, -0.1) is 0 Å². The maximum Gasteiger partial charge on any atom is 0.337 e. The number of anilines is 1. The number of esters is 1. The van der Waals surface area contributed by atoms with Gasteiger partial charge in [-0.05, 0) is 73.8 Å². The average molecular weight is 410 g/mol. The van der Waals surface area contributed by atoms with E-state index in [4.69, 9.17) is 4.74 Å². The van der Waals surface area contributed by atoms with E-state index in [1.807, 2.05) is 30.5 Å². The molecule has 1 N–H and O–H groups in total. The Morgan fingerprint density at radius 1 is 1.07 bits per heavy atom. The number of aromatic nitrogens is 1. The average Bonchev–Trinajstić information content (AvgIpc) is 3.19. The fourth-order valence-electron chi connectivity index (χ4n) is 4.16. The van der Waals surface area contributed by atoms with Crippen LogP contribution in [0.1, 0.15) is 28.8 Å². The maximum atomic E-state index is 13.1. The fourth-order valence-corrected chi connectivity index (χ4v) is 4.16. The summed E-state index contributed by atoms with van der Waals surface area (Å²) in [5, 5.41) is 1.10. The highest BCUT2D eigenvalue weighted by molar-refractivity contribution is 5.95. The second-order valence-electron chi connectivity index (χ2n) is 7.83. The van der Waals surface area contributed by atoms with Crippen LogP contribution in [-0.4, -0.2) is 55.7 Å². The molecule has 4 rings (SSSR count). The number of benzene rings is 2. The highest BCUT2D eigenvalue weighted by Gasteiger charge is 2.17. The summed E-state index contributed by atoms with van der Waals surface area (Å²) in [4.78, 5) is 19.9. The van der Waals surface area contributed by atoms with Crippen LogP contribution >= 0.6 is 0 Å². The Morgan fingerprint density at radius 2 is 1.83 bits per heavy atom. The predicted molar refractivity (Wildman–Crippen MR) is 118 cm³/mol. The number of piperazine rings is 1. The van der Waals surface area contributed by atoms with E-state index in [2.05, 4.69) is 14.8 Å². The van der Waals surface area contributed by atoms with Crippen LogP contribution in [-0.2, 0) is 11.2 Å². The van der Waals surface area contributed by atoms with Gasteiger partial charge >= 0.3 is 5.97 Å². The van der Waals surface area contributed by atoms with E-state index in [0.717, 1.165) is 68.6 Å². The summed E-state index contributed by atoms with van der Waals surface area (Å²) in [5.74, 6) is -0.488. The zero-order valence-electron chi connectivity index (χ0n) is 17.4. The van der Waals surface area contributed by atoms with E-state index in [9.17, 15) is 9.18 Å². The van der Waals surface area contributed by atoms with Gasteiger partial charge < -0.3 is 14.6 Å². The van der Waals surface area contributed by atoms with Gasteiger partial charge in [0.05, 0.1) is 12.7 Å². The molecule has 2 heterocycles. The van der Waals surface area contributed by atoms with Crippen molar-refractivity contribution in [1.29, 1.82) is 0 Å². The third kappa shape index (κ3) is 4.65. The molecule has 1 aliphatic heterocycles. The first kappa shape index (κ1) is 20.4. The van der Waals surface area contributed by atoms with E-state index >= 15 is 0 Å². The highest BCUT2D eigenvalue weighted by Crippen LogP contribution is 2.22. The molecular formula is C24H28FN3O2. The molecule has 1 fully saturated rings. The molecule has 30 heavy (non-hydrogen) atoms. The third-order valence-corrected chi connectivity index (χ3v) is 5.92. The Labute approximate surface area is 176 Å². The quantitative estimate of drug-likeness (QED) is 0.468. The summed E-state index contributed by atoms with van der Waals surface area (Å²) in [5.41, 5.74) is 3.98. The van der Waals surface area contributed by atoms with Crippen LogP contribution in [0.3, 0.4) is 0 Å². The van der Waals surface area contributed by atoms with Crippen molar-refractivity contribution in [2.45, 2.75) is 19.3 Å². The van der Waals surface area contributed by atoms with Crippen LogP contribution in [0.4, 0.5) is 10.1 Å². The molecule has 3 aromatic rings. The summed E-state index contributed by atoms with van der Waals surface area (Å²) in [6.07, 6.45) is 5.28. The minimum Gasteiger partial charge on any atom is -0.465 e. The minimum absolute atomic E-state index is 0.186. The molecule has 0 amide bonds. The van der Waals surface area contributed by atoms with Gasteiger partial charge in [0.2, 0.25) is 0 Å². The lowest BCUT2D eigenvalue weighted by atomic mass is 10.0. The van der Waals surface area contributed by atoms with Gasteiger partial charge in [-0.25, -0.2) is 9.18 Å². The van der Waals surface area contributed by atoms with Gasteiger partial charge in [-0.3, -0.25) is 4.90 Å². The molecule has 0 unspecified atom stereocenters. The summed E-state index contributed by atoms with van der Waals surface area (Å²) >= 11 is 0. The monoisotopic (exact) mass is 409 g/mol. The Bertz CT molecular complexity index is 991. The molecule has 0 atom stereocenters. The summed E-state index contributed by atoms with van der Waals surface area (Å²) in [6, 6.07) is 12.4. The van der Waals surface area contributed by atoms with Crippen molar-refractivity contribution in [1.82, 2.24) is 9.88 Å². The number of unbranched alkanes of at least 4 members (excludes halogenated alkanes) is 1. The fraction of sp³-hybridized carbons (Fsp3) is 0.375. The van der Waals surface area contributed by atoms with E-state index in [1.165, 1.54) is 24.8 Å². The van der Waals surface area contributed by atoms with Gasteiger partial charge in [0.15, 0.2) is 0 Å². The Balaban J connectivity index is 1.24. The zero-order valence-corrected chi connectivity index (χ0v) is 17.4. The van der Waals surface area contributed by atoms with E-state index in [0.29, 0.717) is 5.56 Å². The van der Waals surface area contributed by atoms with E-state index in [1.54, 1.807) is 6.07 Å². The number of fused-ring (bicyclic) bond motifs is 1. The molecule has 5 nitrogen and oxygen atoms in total. The molecule has 1 saturated heterocycles. The van der Waals surface area contributed by atoms with Crippen LogP contribution in [0.25, 0.3) is 10.9 Å². The molecule has 158 valence electrons. The van der Waals surface area contributed by atoms with Crippen molar-refractivity contribution in [2.24, 2.45) is 0 Å². The van der Waals surface area contributed by atoms with Crippen molar-refractivity contribution < 1.29 is 13.9 Å². The molecule has 1 aliphatic rings. The SMILES string of the molecule is COC(=O)c1ccc2[nH]cc(CCCCN3CCN(c4ccc(F)cc4)CC3)c2c1. The second-order valence-corrected chi connectivity index (χ2v) is 7.83. The van der Waals surface area contributed by atoms with Crippen LogP contribution in [0.15, 0.2) is 48.7 Å². The molecule has 0 spiro atoms. The number of rotatable bonds is 7. The number of carbonyl (C=O) groups excluding carboxylic acids is 1. The van der Waals surface area contributed by atoms with Crippen molar-refractivity contribution >= 4 is 22.6 Å². The molecule has 0 bridgehead atoms. The number of hydrogen-bond acceptors (Lipinski definition) is 4. The molecular weight excluding hydrogens is 381 g/mol. The number of nitrogens with one attached hydrogen (secondary N) is 1. The minimum atomic E-state index is -0.302. The standard InChI is InChI=1S/C24H28FN3O2/c1-30-24(29)18-5-10-23-22(16-18)19(17-26-23)4-2-3-11-27-12-14-28(15-13-27)21-8-6-20(25)7-9-21/h5-10,16-17,26H,2-4,11-15H2,1H3. The smallest absolute Gasteiger partial charge is 0.337 e. The molecule has 0 aliphatic carbocycles. The number of aromatic amines is 1. The number of aryl methyl sites for hydroxylation is 1. The van der Waals surface area contributed by atoms with Crippen LogP contribution in [0.2, 0.25) is 0 Å². The van der Waals surface area contributed by atoms with Crippen molar-refractivity contribution in [2.75, 3.05) is 44.7 Å². The van der Waals surface area contributed by atoms with Crippen LogP contribution in [0, 0.1) is 5.82 Å². The molecule has 1 aromatic heterocycles. The molecule has 6 heteroatoms.